The quantitative estimate of drug-likeness (QED) is 0.841. The van der Waals surface area contributed by atoms with Crippen molar-refractivity contribution in [2.75, 3.05) is 25.2 Å². The lowest BCUT2D eigenvalue weighted by Crippen LogP contribution is -2.29. The molecule has 5 heteroatoms. The van der Waals surface area contributed by atoms with Crippen molar-refractivity contribution in [1.82, 2.24) is 0 Å². The number of hydrogen-bond donors (Lipinski definition) is 1. The van der Waals surface area contributed by atoms with Crippen LogP contribution in [0.25, 0.3) is 0 Å². The van der Waals surface area contributed by atoms with Gasteiger partial charge in [-0.15, -0.1) is 0 Å². The molecule has 0 amide bonds. The number of ether oxygens (including phenoxy) is 1. The molecule has 1 unspecified atom stereocenters. The molecule has 1 aliphatic rings. The third kappa shape index (κ3) is 5.00. The van der Waals surface area contributed by atoms with Gasteiger partial charge in [-0.05, 0) is 30.4 Å². The molecule has 1 fully saturated rings. The van der Waals surface area contributed by atoms with Gasteiger partial charge in [0.2, 0.25) is 0 Å². The second-order valence-electron chi connectivity index (χ2n) is 5.93. The lowest BCUT2D eigenvalue weighted by Gasteiger charge is -2.23. The maximum absolute atomic E-state index is 11.5. The predicted molar refractivity (Wildman–Crippen MR) is 86.2 cm³/mol. The van der Waals surface area contributed by atoms with Crippen LogP contribution >= 0.6 is 0 Å². The van der Waals surface area contributed by atoms with Crippen molar-refractivity contribution < 1.29 is 13.2 Å². The number of hydrogen-bond acceptors (Lipinski definition) is 4. The molecule has 1 N–H and O–H groups in total. The molecule has 1 aromatic rings. The first-order valence-electron chi connectivity index (χ1n) is 7.52. The fourth-order valence-electron chi connectivity index (χ4n) is 3.08. The van der Waals surface area contributed by atoms with E-state index in [0.29, 0.717) is 5.92 Å². The summed E-state index contributed by atoms with van der Waals surface area (Å²) in [6.07, 6.45) is 6.49. The van der Waals surface area contributed by atoms with Crippen molar-refractivity contribution in [2.24, 2.45) is 5.92 Å². The Bertz CT molecular complexity index is 550. The summed E-state index contributed by atoms with van der Waals surface area (Å²) in [7, 11) is -1.27. The highest BCUT2D eigenvalue weighted by Gasteiger charge is 2.24. The number of benzene rings is 1. The van der Waals surface area contributed by atoms with Gasteiger partial charge < -0.3 is 10.1 Å². The van der Waals surface area contributed by atoms with Crippen LogP contribution in [-0.2, 0) is 20.3 Å². The van der Waals surface area contributed by atoms with E-state index in [2.05, 4.69) is 5.32 Å². The molecule has 2 rings (SSSR count). The average molecular weight is 311 g/mol. The fourth-order valence-corrected chi connectivity index (χ4v) is 3.90. The van der Waals surface area contributed by atoms with Gasteiger partial charge >= 0.3 is 0 Å². The second-order valence-corrected chi connectivity index (χ2v) is 8.07. The first-order chi connectivity index (χ1) is 9.99. The van der Waals surface area contributed by atoms with Gasteiger partial charge in [-0.1, -0.05) is 31.0 Å². The Balaban J connectivity index is 2.01. The molecule has 0 saturated heterocycles. The normalized spacial score (nSPS) is 17.8. The smallest absolute Gasteiger partial charge is 0.151 e. The summed E-state index contributed by atoms with van der Waals surface area (Å²) in [5.41, 5.74) is 1.71. The highest BCUT2D eigenvalue weighted by Crippen LogP contribution is 2.29. The van der Waals surface area contributed by atoms with Gasteiger partial charge in [0, 0.05) is 25.6 Å². The standard InChI is InChI=1S/C16H25NO3S/c1-20-16(13-7-3-4-8-13)11-17-15-10-6-5-9-14(15)12-21(2,18)19/h5-6,9-10,13,16-17H,3-4,7-8,11-12H2,1-2H3. The Morgan fingerprint density at radius 1 is 1.29 bits per heavy atom. The zero-order valence-corrected chi connectivity index (χ0v) is 13.7. The van der Waals surface area contributed by atoms with Crippen molar-refractivity contribution in [1.29, 1.82) is 0 Å². The van der Waals surface area contributed by atoms with Crippen LogP contribution in [0, 0.1) is 5.92 Å². The molecule has 118 valence electrons. The number of anilines is 1. The summed E-state index contributed by atoms with van der Waals surface area (Å²) in [5.74, 6) is 0.682. The van der Waals surface area contributed by atoms with Crippen molar-refractivity contribution in [3.05, 3.63) is 29.8 Å². The van der Waals surface area contributed by atoms with E-state index < -0.39 is 9.84 Å². The third-order valence-corrected chi connectivity index (χ3v) is 4.99. The van der Waals surface area contributed by atoms with E-state index in [0.717, 1.165) is 17.8 Å². The number of methoxy groups -OCH3 is 1. The molecule has 0 bridgehead atoms. The van der Waals surface area contributed by atoms with Crippen molar-refractivity contribution in [3.63, 3.8) is 0 Å². The van der Waals surface area contributed by atoms with Crippen LogP contribution in [0.15, 0.2) is 24.3 Å². The molecule has 0 aromatic heterocycles. The monoisotopic (exact) mass is 311 g/mol. The SMILES string of the molecule is COC(CNc1ccccc1CS(C)(=O)=O)C1CCCC1. The largest absolute Gasteiger partial charge is 0.382 e. The van der Waals surface area contributed by atoms with E-state index in [4.69, 9.17) is 4.74 Å². The van der Waals surface area contributed by atoms with E-state index in [1.165, 1.54) is 31.9 Å². The first-order valence-corrected chi connectivity index (χ1v) is 9.58. The van der Waals surface area contributed by atoms with Gasteiger partial charge in [-0.25, -0.2) is 8.42 Å². The van der Waals surface area contributed by atoms with Crippen molar-refractivity contribution >= 4 is 15.5 Å². The van der Waals surface area contributed by atoms with Crippen molar-refractivity contribution in [3.8, 4) is 0 Å². The molecular weight excluding hydrogens is 286 g/mol. The number of rotatable bonds is 7. The highest BCUT2D eigenvalue weighted by molar-refractivity contribution is 7.89. The lowest BCUT2D eigenvalue weighted by molar-refractivity contribution is 0.0645. The van der Waals surface area contributed by atoms with E-state index >= 15 is 0 Å². The molecular formula is C16H25NO3S. The van der Waals surface area contributed by atoms with E-state index in [1.807, 2.05) is 24.3 Å². The molecule has 1 saturated carbocycles. The van der Waals surface area contributed by atoms with Crippen molar-refractivity contribution in [2.45, 2.75) is 37.5 Å². The summed E-state index contributed by atoms with van der Waals surface area (Å²) in [5, 5.41) is 3.37. The van der Waals surface area contributed by atoms with Crippen LogP contribution in [0.2, 0.25) is 0 Å². The Morgan fingerprint density at radius 2 is 1.95 bits per heavy atom. The second kappa shape index (κ2) is 7.27. The van der Waals surface area contributed by atoms with Crippen LogP contribution < -0.4 is 5.32 Å². The van der Waals surface area contributed by atoms with Gasteiger partial charge in [0.05, 0.1) is 11.9 Å². The summed E-state index contributed by atoms with van der Waals surface area (Å²) in [4.78, 5) is 0. The Morgan fingerprint density at radius 3 is 2.57 bits per heavy atom. The minimum absolute atomic E-state index is 0.0667. The molecule has 0 heterocycles. The van der Waals surface area contributed by atoms with E-state index in [9.17, 15) is 8.42 Å². The van der Waals surface area contributed by atoms with E-state index in [1.54, 1.807) is 7.11 Å². The van der Waals surface area contributed by atoms with Crippen LogP contribution in [-0.4, -0.2) is 34.4 Å². The summed E-state index contributed by atoms with van der Waals surface area (Å²) in [6, 6.07) is 7.59. The molecule has 0 aliphatic heterocycles. The van der Waals surface area contributed by atoms with E-state index in [-0.39, 0.29) is 11.9 Å². The average Bonchev–Trinajstić information content (AvgIpc) is 2.93. The fraction of sp³-hybridized carbons (Fsp3) is 0.625. The molecule has 1 aliphatic carbocycles. The van der Waals surface area contributed by atoms with Crippen LogP contribution in [0.4, 0.5) is 5.69 Å². The summed E-state index contributed by atoms with van der Waals surface area (Å²) in [6.45, 7) is 0.724. The minimum Gasteiger partial charge on any atom is -0.382 e. The zero-order valence-electron chi connectivity index (χ0n) is 12.8. The summed E-state index contributed by atoms with van der Waals surface area (Å²) >= 11 is 0. The topological polar surface area (TPSA) is 55.4 Å². The van der Waals surface area contributed by atoms with Crippen LogP contribution in [0.5, 0.6) is 0 Å². The molecule has 1 aromatic carbocycles. The Hall–Kier alpha value is -1.07. The van der Waals surface area contributed by atoms with Crippen LogP contribution in [0.1, 0.15) is 31.2 Å². The van der Waals surface area contributed by atoms with Gasteiger partial charge in [-0.3, -0.25) is 0 Å². The Labute approximate surface area is 127 Å². The first kappa shape index (κ1) is 16.3. The minimum atomic E-state index is -3.03. The molecule has 0 radical (unpaired) electrons. The number of para-hydroxylation sites is 1. The lowest BCUT2D eigenvalue weighted by atomic mass is 10.0. The summed E-state index contributed by atoms with van der Waals surface area (Å²) < 4.78 is 28.6. The Kier molecular flexibility index (Phi) is 5.65. The van der Waals surface area contributed by atoms with Gasteiger partial charge in [0.15, 0.2) is 9.84 Å². The number of nitrogens with one attached hydrogen (secondary N) is 1. The van der Waals surface area contributed by atoms with Gasteiger partial charge in [-0.2, -0.15) is 0 Å². The van der Waals surface area contributed by atoms with Crippen LogP contribution in [0.3, 0.4) is 0 Å². The highest BCUT2D eigenvalue weighted by atomic mass is 32.2. The maximum atomic E-state index is 11.5. The predicted octanol–water partition coefficient (Wildman–Crippen LogP) is 2.85. The maximum Gasteiger partial charge on any atom is 0.151 e. The number of sulfone groups is 1. The molecule has 4 nitrogen and oxygen atoms in total. The van der Waals surface area contributed by atoms with Gasteiger partial charge in [0.25, 0.3) is 0 Å². The molecule has 0 spiro atoms. The molecule has 1 atom stereocenters. The van der Waals surface area contributed by atoms with Gasteiger partial charge in [0.1, 0.15) is 0 Å². The third-order valence-electron chi connectivity index (χ3n) is 4.16. The molecule has 21 heavy (non-hydrogen) atoms. The zero-order chi connectivity index (χ0) is 15.3.